The molecule has 3 heteroatoms. The molecule has 0 unspecified atom stereocenters. The number of hydrogen-bond acceptors (Lipinski definition) is 3. The molecule has 0 atom stereocenters. The van der Waals surface area contributed by atoms with Gasteiger partial charge in [-0.05, 0) is 48.0 Å². The van der Waals surface area contributed by atoms with Crippen LogP contribution >= 0.6 is 0 Å². The summed E-state index contributed by atoms with van der Waals surface area (Å²) in [5.74, 6) is 1.56. The fourth-order valence-electron chi connectivity index (χ4n) is 2.12. The van der Waals surface area contributed by atoms with Crippen LogP contribution in [0.15, 0.2) is 79.1 Å². The Morgan fingerprint density at radius 1 is 0.864 bits per heavy atom. The normalized spacial score (nSPS) is 10.2. The molecule has 0 saturated heterocycles. The zero-order chi connectivity index (χ0) is 15.2. The van der Waals surface area contributed by atoms with Crippen molar-refractivity contribution < 1.29 is 9.53 Å². The molecule has 0 aliphatic carbocycles. The van der Waals surface area contributed by atoms with E-state index >= 15 is 0 Å². The fourth-order valence-corrected chi connectivity index (χ4v) is 2.12. The van der Waals surface area contributed by atoms with Crippen molar-refractivity contribution in [2.24, 2.45) is 0 Å². The van der Waals surface area contributed by atoms with Crippen molar-refractivity contribution in [2.75, 3.05) is 0 Å². The summed E-state index contributed by atoms with van der Waals surface area (Å²) in [5, 5.41) is 0. The first-order valence-corrected chi connectivity index (χ1v) is 7.06. The highest BCUT2D eigenvalue weighted by Gasteiger charge is 2.07. The van der Waals surface area contributed by atoms with Crippen molar-refractivity contribution in [1.29, 1.82) is 0 Å². The van der Waals surface area contributed by atoms with E-state index in [1.807, 2.05) is 54.6 Å². The van der Waals surface area contributed by atoms with E-state index in [4.69, 9.17) is 4.74 Å². The summed E-state index contributed by atoms with van der Waals surface area (Å²) >= 11 is 0. The molecule has 0 saturated carbocycles. The number of pyridine rings is 1. The first-order chi connectivity index (χ1) is 10.8. The first-order valence-electron chi connectivity index (χ1n) is 7.06. The quantitative estimate of drug-likeness (QED) is 0.657. The second-order valence-electron chi connectivity index (χ2n) is 4.90. The molecular weight excluding hydrogens is 274 g/mol. The largest absolute Gasteiger partial charge is 0.457 e. The van der Waals surface area contributed by atoms with Gasteiger partial charge in [0.25, 0.3) is 0 Å². The number of ether oxygens (including phenoxy) is 1. The molecule has 0 amide bonds. The van der Waals surface area contributed by atoms with Crippen molar-refractivity contribution >= 4 is 5.78 Å². The average Bonchev–Trinajstić information content (AvgIpc) is 2.57. The molecule has 0 bridgehead atoms. The minimum Gasteiger partial charge on any atom is -0.457 e. The number of rotatable bonds is 5. The highest BCUT2D eigenvalue weighted by atomic mass is 16.5. The third-order valence-corrected chi connectivity index (χ3v) is 3.24. The number of hydrogen-bond donors (Lipinski definition) is 0. The van der Waals surface area contributed by atoms with Gasteiger partial charge in [-0.25, -0.2) is 0 Å². The summed E-state index contributed by atoms with van der Waals surface area (Å²) in [5.41, 5.74) is 1.58. The van der Waals surface area contributed by atoms with E-state index in [1.165, 1.54) is 0 Å². The lowest BCUT2D eigenvalue weighted by Gasteiger charge is -2.06. The molecule has 3 rings (SSSR count). The third-order valence-electron chi connectivity index (χ3n) is 3.24. The Morgan fingerprint density at radius 2 is 1.59 bits per heavy atom. The van der Waals surface area contributed by atoms with Gasteiger partial charge in [0.15, 0.2) is 5.78 Å². The van der Waals surface area contributed by atoms with Gasteiger partial charge < -0.3 is 4.74 Å². The highest BCUT2D eigenvalue weighted by molar-refractivity contribution is 5.97. The minimum atomic E-state index is 0.0688. The Labute approximate surface area is 129 Å². The van der Waals surface area contributed by atoms with Gasteiger partial charge in [0, 0.05) is 24.4 Å². The van der Waals surface area contributed by atoms with Gasteiger partial charge in [-0.15, -0.1) is 0 Å². The van der Waals surface area contributed by atoms with E-state index in [0.717, 1.165) is 11.3 Å². The van der Waals surface area contributed by atoms with E-state index in [1.54, 1.807) is 24.5 Å². The van der Waals surface area contributed by atoms with Crippen LogP contribution in [-0.2, 0) is 6.42 Å². The van der Waals surface area contributed by atoms with E-state index in [-0.39, 0.29) is 5.78 Å². The maximum atomic E-state index is 12.2. The molecule has 0 fully saturated rings. The van der Waals surface area contributed by atoms with Crippen LogP contribution in [0.25, 0.3) is 0 Å². The second-order valence-corrected chi connectivity index (χ2v) is 4.90. The number of ketones is 1. The van der Waals surface area contributed by atoms with Crippen molar-refractivity contribution in [2.45, 2.75) is 6.42 Å². The molecule has 22 heavy (non-hydrogen) atoms. The summed E-state index contributed by atoms with van der Waals surface area (Å²) < 4.78 is 5.71. The molecular formula is C19H15NO2. The number of carbonyl (C=O) groups excluding carboxylic acids is 1. The summed E-state index contributed by atoms with van der Waals surface area (Å²) in [6.45, 7) is 0. The van der Waals surface area contributed by atoms with Gasteiger partial charge in [0.2, 0.25) is 0 Å². The predicted molar refractivity (Wildman–Crippen MR) is 85.2 cm³/mol. The number of nitrogens with zero attached hydrogens (tertiary/aromatic N) is 1. The van der Waals surface area contributed by atoms with Gasteiger partial charge >= 0.3 is 0 Å². The molecule has 0 N–H and O–H groups in total. The number of Topliss-reactive ketones (excluding diaryl/α,β-unsaturated/α-hetero) is 1. The molecule has 1 heterocycles. The standard InChI is InChI=1S/C19H15NO2/c21-19(13-15-5-4-12-20-14-15)16-8-10-18(11-9-16)22-17-6-2-1-3-7-17/h1-12,14H,13H2. The molecule has 3 nitrogen and oxygen atoms in total. The molecule has 1 aromatic heterocycles. The fraction of sp³-hybridized carbons (Fsp3) is 0.0526. The topological polar surface area (TPSA) is 39.2 Å². The van der Waals surface area contributed by atoms with Crippen LogP contribution in [0.3, 0.4) is 0 Å². The van der Waals surface area contributed by atoms with Crippen LogP contribution in [0.4, 0.5) is 0 Å². The molecule has 0 radical (unpaired) electrons. The lowest BCUT2D eigenvalue weighted by molar-refractivity contribution is 0.0993. The van der Waals surface area contributed by atoms with Gasteiger partial charge in [-0.3, -0.25) is 9.78 Å². The van der Waals surface area contributed by atoms with Crippen molar-refractivity contribution in [3.05, 3.63) is 90.3 Å². The van der Waals surface area contributed by atoms with Gasteiger partial charge in [-0.2, -0.15) is 0 Å². The Bertz CT molecular complexity index is 737. The predicted octanol–water partition coefficient (Wildman–Crippen LogP) is 4.30. The smallest absolute Gasteiger partial charge is 0.167 e. The molecule has 0 spiro atoms. The van der Waals surface area contributed by atoms with Crippen LogP contribution in [0.5, 0.6) is 11.5 Å². The van der Waals surface area contributed by atoms with Gasteiger partial charge in [-0.1, -0.05) is 24.3 Å². The summed E-state index contributed by atoms with van der Waals surface area (Å²) in [6, 6.07) is 20.5. The first kappa shape index (κ1) is 14.0. The van der Waals surface area contributed by atoms with Crippen LogP contribution in [0.2, 0.25) is 0 Å². The molecule has 0 aliphatic rings. The number of carbonyl (C=O) groups is 1. The highest BCUT2D eigenvalue weighted by Crippen LogP contribution is 2.21. The van der Waals surface area contributed by atoms with Crippen LogP contribution < -0.4 is 4.74 Å². The molecule has 3 aromatic rings. The van der Waals surface area contributed by atoms with E-state index < -0.39 is 0 Å². The number of para-hydroxylation sites is 1. The maximum Gasteiger partial charge on any atom is 0.167 e. The third kappa shape index (κ3) is 3.58. The van der Waals surface area contributed by atoms with Gasteiger partial charge in [0.1, 0.15) is 11.5 Å². The summed E-state index contributed by atoms with van der Waals surface area (Å²) in [6.07, 6.45) is 3.77. The lowest BCUT2D eigenvalue weighted by atomic mass is 10.0. The Morgan fingerprint density at radius 3 is 2.27 bits per heavy atom. The second kappa shape index (κ2) is 6.68. The van der Waals surface area contributed by atoms with Crippen LogP contribution in [0, 0.1) is 0 Å². The van der Waals surface area contributed by atoms with Crippen LogP contribution in [0.1, 0.15) is 15.9 Å². The Kier molecular flexibility index (Phi) is 4.25. The molecule has 0 aliphatic heterocycles. The zero-order valence-electron chi connectivity index (χ0n) is 12.0. The Balaban J connectivity index is 1.67. The van der Waals surface area contributed by atoms with E-state index in [0.29, 0.717) is 17.7 Å². The average molecular weight is 289 g/mol. The molecule has 108 valence electrons. The SMILES string of the molecule is O=C(Cc1cccnc1)c1ccc(Oc2ccccc2)cc1. The Hall–Kier alpha value is -2.94. The van der Waals surface area contributed by atoms with E-state index in [2.05, 4.69) is 4.98 Å². The van der Waals surface area contributed by atoms with E-state index in [9.17, 15) is 4.79 Å². The van der Waals surface area contributed by atoms with Crippen molar-refractivity contribution in [1.82, 2.24) is 4.98 Å². The monoisotopic (exact) mass is 289 g/mol. The minimum absolute atomic E-state index is 0.0688. The number of benzene rings is 2. The lowest BCUT2D eigenvalue weighted by Crippen LogP contribution is -2.03. The van der Waals surface area contributed by atoms with Crippen molar-refractivity contribution in [3.63, 3.8) is 0 Å². The zero-order valence-corrected chi connectivity index (χ0v) is 12.0. The van der Waals surface area contributed by atoms with Gasteiger partial charge in [0.05, 0.1) is 0 Å². The van der Waals surface area contributed by atoms with Crippen LogP contribution in [-0.4, -0.2) is 10.8 Å². The maximum absolute atomic E-state index is 12.2. The van der Waals surface area contributed by atoms with Crippen molar-refractivity contribution in [3.8, 4) is 11.5 Å². The molecule has 2 aromatic carbocycles. The summed E-state index contributed by atoms with van der Waals surface area (Å²) in [7, 11) is 0. The number of aromatic nitrogens is 1. The summed E-state index contributed by atoms with van der Waals surface area (Å²) in [4.78, 5) is 16.2.